The van der Waals surface area contributed by atoms with Gasteiger partial charge in [0, 0.05) is 18.5 Å². The summed E-state index contributed by atoms with van der Waals surface area (Å²) < 4.78 is 7.68. The minimum Gasteiger partial charge on any atom is -0.492 e. The average Bonchev–Trinajstić information content (AvgIpc) is 2.97. The molecular formula is C13H17N3O. The number of benzene rings is 1. The number of hydrogen-bond donors (Lipinski definition) is 1. The van der Waals surface area contributed by atoms with Crippen molar-refractivity contribution in [3.05, 3.63) is 24.4 Å². The van der Waals surface area contributed by atoms with Crippen LogP contribution in [0, 0.1) is 0 Å². The molecule has 0 amide bonds. The van der Waals surface area contributed by atoms with Crippen molar-refractivity contribution >= 4 is 10.9 Å². The SMILES string of the molecule is Cn1ncc2cc(OCC3CCCN3)ccc21. The summed E-state index contributed by atoms with van der Waals surface area (Å²) in [5, 5.41) is 8.78. The molecule has 4 nitrogen and oxygen atoms in total. The molecule has 1 fully saturated rings. The molecule has 0 spiro atoms. The fourth-order valence-electron chi connectivity index (χ4n) is 2.33. The van der Waals surface area contributed by atoms with E-state index in [0.717, 1.165) is 29.8 Å². The van der Waals surface area contributed by atoms with E-state index in [1.165, 1.54) is 12.8 Å². The Bertz CT molecular complexity index is 514. The van der Waals surface area contributed by atoms with Crippen LogP contribution in [-0.4, -0.2) is 29.0 Å². The van der Waals surface area contributed by atoms with Crippen molar-refractivity contribution in [1.82, 2.24) is 15.1 Å². The molecular weight excluding hydrogens is 214 g/mol. The number of aromatic nitrogens is 2. The molecule has 0 radical (unpaired) electrons. The largest absolute Gasteiger partial charge is 0.492 e. The van der Waals surface area contributed by atoms with Crippen LogP contribution in [0.15, 0.2) is 24.4 Å². The fourth-order valence-corrected chi connectivity index (χ4v) is 2.33. The Labute approximate surface area is 101 Å². The van der Waals surface area contributed by atoms with Gasteiger partial charge < -0.3 is 10.1 Å². The first-order valence-corrected chi connectivity index (χ1v) is 6.11. The number of nitrogens with one attached hydrogen (secondary N) is 1. The van der Waals surface area contributed by atoms with Crippen molar-refractivity contribution in [2.45, 2.75) is 18.9 Å². The van der Waals surface area contributed by atoms with Gasteiger partial charge in [0.25, 0.3) is 0 Å². The summed E-state index contributed by atoms with van der Waals surface area (Å²) in [6, 6.07) is 6.63. The number of aryl methyl sites for hydroxylation is 1. The first-order valence-electron chi connectivity index (χ1n) is 6.11. The van der Waals surface area contributed by atoms with Crippen molar-refractivity contribution in [2.75, 3.05) is 13.2 Å². The molecule has 1 N–H and O–H groups in total. The molecule has 1 saturated heterocycles. The third kappa shape index (κ3) is 2.13. The van der Waals surface area contributed by atoms with Crippen LogP contribution in [0.4, 0.5) is 0 Å². The van der Waals surface area contributed by atoms with Gasteiger partial charge in [-0.25, -0.2) is 0 Å². The zero-order valence-electron chi connectivity index (χ0n) is 10.0. The van der Waals surface area contributed by atoms with Crippen molar-refractivity contribution in [2.24, 2.45) is 7.05 Å². The van der Waals surface area contributed by atoms with Gasteiger partial charge in [-0.1, -0.05) is 0 Å². The van der Waals surface area contributed by atoms with Crippen molar-refractivity contribution in [3.63, 3.8) is 0 Å². The van der Waals surface area contributed by atoms with E-state index in [2.05, 4.69) is 22.5 Å². The molecule has 2 aromatic rings. The molecule has 1 aromatic carbocycles. The lowest BCUT2D eigenvalue weighted by Gasteiger charge is -2.12. The lowest BCUT2D eigenvalue weighted by Crippen LogP contribution is -2.28. The van der Waals surface area contributed by atoms with Gasteiger partial charge in [0.15, 0.2) is 0 Å². The Hall–Kier alpha value is -1.55. The predicted octanol–water partition coefficient (Wildman–Crippen LogP) is 1.70. The summed E-state index contributed by atoms with van der Waals surface area (Å²) in [6.07, 6.45) is 4.35. The van der Waals surface area contributed by atoms with Crippen LogP contribution in [0.5, 0.6) is 5.75 Å². The Kier molecular flexibility index (Phi) is 2.73. The predicted molar refractivity (Wildman–Crippen MR) is 67.2 cm³/mol. The maximum Gasteiger partial charge on any atom is 0.120 e. The first-order chi connectivity index (χ1) is 8.33. The van der Waals surface area contributed by atoms with E-state index in [0.29, 0.717) is 6.04 Å². The van der Waals surface area contributed by atoms with Gasteiger partial charge in [-0.3, -0.25) is 4.68 Å². The van der Waals surface area contributed by atoms with Gasteiger partial charge in [0.05, 0.1) is 11.7 Å². The van der Waals surface area contributed by atoms with Gasteiger partial charge in [0.1, 0.15) is 12.4 Å². The van der Waals surface area contributed by atoms with E-state index in [1.54, 1.807) is 0 Å². The minimum atomic E-state index is 0.514. The molecule has 1 aliphatic rings. The van der Waals surface area contributed by atoms with Gasteiger partial charge in [-0.2, -0.15) is 5.10 Å². The van der Waals surface area contributed by atoms with Crippen molar-refractivity contribution in [1.29, 1.82) is 0 Å². The molecule has 1 aromatic heterocycles. The lowest BCUT2D eigenvalue weighted by molar-refractivity contribution is 0.277. The molecule has 3 rings (SSSR count). The van der Waals surface area contributed by atoms with Crippen LogP contribution < -0.4 is 10.1 Å². The fraction of sp³-hybridized carbons (Fsp3) is 0.462. The van der Waals surface area contributed by atoms with Crippen LogP contribution in [-0.2, 0) is 7.05 Å². The van der Waals surface area contributed by atoms with Crippen LogP contribution in [0.3, 0.4) is 0 Å². The van der Waals surface area contributed by atoms with E-state index in [-0.39, 0.29) is 0 Å². The van der Waals surface area contributed by atoms with Gasteiger partial charge >= 0.3 is 0 Å². The summed E-state index contributed by atoms with van der Waals surface area (Å²) in [6.45, 7) is 1.88. The third-order valence-electron chi connectivity index (χ3n) is 3.33. The van der Waals surface area contributed by atoms with Gasteiger partial charge in [-0.15, -0.1) is 0 Å². The molecule has 0 saturated carbocycles. The Morgan fingerprint density at radius 3 is 3.29 bits per heavy atom. The molecule has 0 aliphatic carbocycles. The second kappa shape index (κ2) is 4.37. The van der Waals surface area contributed by atoms with Crippen LogP contribution in [0.2, 0.25) is 0 Å². The van der Waals surface area contributed by atoms with Crippen LogP contribution in [0.1, 0.15) is 12.8 Å². The highest BCUT2D eigenvalue weighted by molar-refractivity contribution is 5.80. The zero-order valence-corrected chi connectivity index (χ0v) is 10.0. The highest BCUT2D eigenvalue weighted by atomic mass is 16.5. The first kappa shape index (κ1) is 10.6. The topological polar surface area (TPSA) is 39.1 Å². The highest BCUT2D eigenvalue weighted by Crippen LogP contribution is 2.20. The number of fused-ring (bicyclic) bond motifs is 1. The molecule has 2 heterocycles. The Morgan fingerprint density at radius 2 is 2.47 bits per heavy atom. The van der Waals surface area contributed by atoms with E-state index in [9.17, 15) is 0 Å². The number of nitrogens with zero attached hydrogens (tertiary/aromatic N) is 2. The van der Waals surface area contributed by atoms with Crippen LogP contribution >= 0.6 is 0 Å². The molecule has 1 unspecified atom stereocenters. The monoisotopic (exact) mass is 231 g/mol. The summed E-state index contributed by atoms with van der Waals surface area (Å²) in [5.41, 5.74) is 1.14. The molecule has 90 valence electrons. The standard InChI is InChI=1S/C13H17N3O/c1-16-13-5-4-12(7-10(13)8-15-16)17-9-11-3-2-6-14-11/h4-5,7-8,11,14H,2-3,6,9H2,1H3. The second-order valence-corrected chi connectivity index (χ2v) is 4.59. The molecule has 0 bridgehead atoms. The average molecular weight is 231 g/mol. The van der Waals surface area contributed by atoms with E-state index in [1.807, 2.05) is 24.0 Å². The second-order valence-electron chi connectivity index (χ2n) is 4.59. The number of hydrogen-bond acceptors (Lipinski definition) is 3. The zero-order chi connectivity index (χ0) is 11.7. The van der Waals surface area contributed by atoms with E-state index in [4.69, 9.17) is 4.74 Å². The molecule has 1 aliphatic heterocycles. The smallest absolute Gasteiger partial charge is 0.120 e. The number of rotatable bonds is 3. The highest BCUT2D eigenvalue weighted by Gasteiger charge is 2.14. The van der Waals surface area contributed by atoms with Gasteiger partial charge in [-0.05, 0) is 37.6 Å². The summed E-state index contributed by atoms with van der Waals surface area (Å²) in [4.78, 5) is 0. The maximum atomic E-state index is 5.81. The maximum absolute atomic E-state index is 5.81. The molecule has 4 heteroatoms. The summed E-state index contributed by atoms with van der Waals surface area (Å²) in [7, 11) is 1.95. The lowest BCUT2D eigenvalue weighted by atomic mass is 10.2. The van der Waals surface area contributed by atoms with Crippen molar-refractivity contribution < 1.29 is 4.74 Å². The minimum absolute atomic E-state index is 0.514. The summed E-state index contributed by atoms with van der Waals surface area (Å²) >= 11 is 0. The molecule has 1 atom stereocenters. The quantitative estimate of drug-likeness (QED) is 0.874. The normalized spacial score (nSPS) is 19.9. The van der Waals surface area contributed by atoms with E-state index < -0.39 is 0 Å². The van der Waals surface area contributed by atoms with E-state index >= 15 is 0 Å². The number of ether oxygens (including phenoxy) is 1. The van der Waals surface area contributed by atoms with Gasteiger partial charge in [0.2, 0.25) is 0 Å². The molecule has 17 heavy (non-hydrogen) atoms. The Morgan fingerprint density at radius 1 is 1.53 bits per heavy atom. The van der Waals surface area contributed by atoms with Crippen molar-refractivity contribution in [3.8, 4) is 5.75 Å². The Balaban J connectivity index is 1.72. The van der Waals surface area contributed by atoms with Crippen LogP contribution in [0.25, 0.3) is 10.9 Å². The summed E-state index contributed by atoms with van der Waals surface area (Å²) in [5.74, 6) is 0.930. The third-order valence-corrected chi connectivity index (χ3v) is 3.33.